The molecule has 0 bridgehead atoms. The van der Waals surface area contributed by atoms with E-state index in [-0.39, 0.29) is 12.0 Å². The molecule has 3 nitrogen and oxygen atoms in total. The number of para-hydroxylation sites is 1. The summed E-state index contributed by atoms with van der Waals surface area (Å²) in [5.41, 5.74) is 1.85. The van der Waals surface area contributed by atoms with Crippen LogP contribution in [0.3, 0.4) is 0 Å². The minimum atomic E-state index is 0.135. The van der Waals surface area contributed by atoms with E-state index >= 15 is 0 Å². The van der Waals surface area contributed by atoms with Gasteiger partial charge in [0.2, 0.25) is 0 Å². The molecule has 0 aromatic heterocycles. The van der Waals surface area contributed by atoms with Crippen LogP contribution in [0.15, 0.2) is 54.6 Å². The van der Waals surface area contributed by atoms with Crippen molar-refractivity contribution < 1.29 is 9.53 Å². The highest BCUT2D eigenvalue weighted by molar-refractivity contribution is 5.95. The third-order valence-corrected chi connectivity index (χ3v) is 4.15. The van der Waals surface area contributed by atoms with Gasteiger partial charge in [0.05, 0.1) is 0 Å². The third-order valence-electron chi connectivity index (χ3n) is 4.15. The molecule has 1 saturated heterocycles. The number of hydrogen-bond donors (Lipinski definition) is 0. The molecule has 114 valence electrons. The Balaban J connectivity index is 1.58. The largest absolute Gasteiger partial charge is 0.490 e. The molecule has 2 aromatic rings. The maximum atomic E-state index is 12.6. The van der Waals surface area contributed by atoms with E-state index in [0.29, 0.717) is 0 Å². The number of ether oxygens (including phenoxy) is 1. The summed E-state index contributed by atoms with van der Waals surface area (Å²) in [4.78, 5) is 14.5. The first kappa shape index (κ1) is 14.6. The molecule has 0 aliphatic carbocycles. The molecular weight excluding hydrogens is 274 g/mol. The average molecular weight is 295 g/mol. The van der Waals surface area contributed by atoms with E-state index in [1.54, 1.807) is 0 Å². The Kier molecular flexibility index (Phi) is 4.42. The minimum absolute atomic E-state index is 0.135. The number of hydrogen-bond acceptors (Lipinski definition) is 2. The second-order valence-corrected chi connectivity index (χ2v) is 5.74. The summed E-state index contributed by atoms with van der Waals surface area (Å²) in [6, 6.07) is 17.7. The Hall–Kier alpha value is -2.29. The van der Waals surface area contributed by atoms with E-state index in [0.717, 1.165) is 42.8 Å². The van der Waals surface area contributed by atoms with Crippen LogP contribution in [0.25, 0.3) is 0 Å². The number of likely N-dealkylation sites (tertiary alicyclic amines) is 1. The van der Waals surface area contributed by atoms with Crippen LogP contribution in [0.1, 0.15) is 28.8 Å². The second-order valence-electron chi connectivity index (χ2n) is 5.74. The highest BCUT2D eigenvalue weighted by Crippen LogP contribution is 2.20. The third kappa shape index (κ3) is 3.30. The second kappa shape index (κ2) is 6.65. The zero-order chi connectivity index (χ0) is 15.4. The summed E-state index contributed by atoms with van der Waals surface area (Å²) >= 11 is 0. The molecule has 0 saturated carbocycles. The lowest BCUT2D eigenvalue weighted by Crippen LogP contribution is -2.42. The molecular formula is C19H21NO2. The van der Waals surface area contributed by atoms with Crippen LogP contribution in [0.2, 0.25) is 0 Å². The molecule has 1 amide bonds. The normalized spacial score (nSPS) is 15.6. The highest BCUT2D eigenvalue weighted by atomic mass is 16.5. The number of piperidine rings is 1. The first-order valence-electron chi connectivity index (χ1n) is 7.80. The summed E-state index contributed by atoms with van der Waals surface area (Å²) in [6.45, 7) is 3.49. The fourth-order valence-electron chi connectivity index (χ4n) is 2.85. The maximum Gasteiger partial charge on any atom is 0.254 e. The number of nitrogens with zero attached hydrogens (tertiary/aromatic N) is 1. The first-order valence-corrected chi connectivity index (χ1v) is 7.80. The molecule has 3 heteroatoms. The van der Waals surface area contributed by atoms with Gasteiger partial charge in [0.15, 0.2) is 0 Å². The van der Waals surface area contributed by atoms with Crippen molar-refractivity contribution >= 4 is 5.91 Å². The SMILES string of the molecule is Cc1ccccc1C(=O)N1CCC(Oc2ccccc2)CC1. The monoisotopic (exact) mass is 295 g/mol. The van der Waals surface area contributed by atoms with E-state index in [1.165, 1.54) is 0 Å². The molecule has 1 aliphatic heterocycles. The van der Waals surface area contributed by atoms with Crippen LogP contribution in [-0.4, -0.2) is 30.0 Å². The zero-order valence-electron chi connectivity index (χ0n) is 12.9. The van der Waals surface area contributed by atoms with Crippen molar-refractivity contribution in [1.29, 1.82) is 0 Å². The summed E-state index contributed by atoms with van der Waals surface area (Å²) in [5.74, 6) is 1.04. The summed E-state index contributed by atoms with van der Waals surface area (Å²) < 4.78 is 5.97. The molecule has 0 spiro atoms. The lowest BCUT2D eigenvalue weighted by atomic mass is 10.0. The van der Waals surface area contributed by atoms with Gasteiger partial charge in [-0.05, 0) is 30.7 Å². The topological polar surface area (TPSA) is 29.5 Å². The average Bonchev–Trinajstić information content (AvgIpc) is 2.56. The molecule has 0 N–H and O–H groups in total. The number of rotatable bonds is 3. The smallest absolute Gasteiger partial charge is 0.254 e. The molecule has 1 heterocycles. The number of amides is 1. The van der Waals surface area contributed by atoms with Gasteiger partial charge >= 0.3 is 0 Å². The van der Waals surface area contributed by atoms with Gasteiger partial charge in [0.1, 0.15) is 11.9 Å². The molecule has 0 atom stereocenters. The van der Waals surface area contributed by atoms with E-state index < -0.39 is 0 Å². The van der Waals surface area contributed by atoms with Gasteiger partial charge in [0.25, 0.3) is 5.91 Å². The van der Waals surface area contributed by atoms with E-state index in [4.69, 9.17) is 4.74 Å². The van der Waals surface area contributed by atoms with E-state index in [2.05, 4.69) is 0 Å². The van der Waals surface area contributed by atoms with E-state index in [1.807, 2.05) is 66.4 Å². The zero-order valence-corrected chi connectivity index (χ0v) is 12.9. The Labute approximate surface area is 131 Å². The lowest BCUT2D eigenvalue weighted by Gasteiger charge is -2.32. The molecule has 22 heavy (non-hydrogen) atoms. The molecule has 3 rings (SSSR count). The fraction of sp³-hybridized carbons (Fsp3) is 0.316. The van der Waals surface area contributed by atoms with Gasteiger partial charge in [0, 0.05) is 31.5 Å². The Bertz CT molecular complexity index is 631. The van der Waals surface area contributed by atoms with Gasteiger partial charge in [-0.3, -0.25) is 4.79 Å². The standard InChI is InChI=1S/C19H21NO2/c1-15-7-5-6-10-18(15)19(21)20-13-11-17(12-14-20)22-16-8-3-2-4-9-16/h2-10,17H,11-14H2,1H3. The van der Waals surface area contributed by atoms with Crippen LogP contribution in [0.5, 0.6) is 5.75 Å². The molecule has 2 aromatic carbocycles. The minimum Gasteiger partial charge on any atom is -0.490 e. The molecule has 1 aliphatic rings. The quantitative estimate of drug-likeness (QED) is 0.864. The van der Waals surface area contributed by atoms with E-state index in [9.17, 15) is 4.79 Å². The maximum absolute atomic E-state index is 12.6. The number of carbonyl (C=O) groups excluding carboxylic acids is 1. The lowest BCUT2D eigenvalue weighted by molar-refractivity contribution is 0.0595. The predicted molar refractivity (Wildman–Crippen MR) is 87.2 cm³/mol. The Morgan fingerprint density at radius 1 is 1.00 bits per heavy atom. The molecule has 1 fully saturated rings. The summed E-state index contributed by atoms with van der Waals surface area (Å²) in [5, 5.41) is 0. The fourth-order valence-corrected chi connectivity index (χ4v) is 2.85. The van der Waals surface area contributed by atoms with Gasteiger partial charge in [-0.2, -0.15) is 0 Å². The Morgan fingerprint density at radius 2 is 1.64 bits per heavy atom. The molecule has 0 radical (unpaired) electrons. The van der Waals surface area contributed by atoms with Crippen LogP contribution in [0.4, 0.5) is 0 Å². The number of benzene rings is 2. The van der Waals surface area contributed by atoms with Crippen molar-refractivity contribution in [2.75, 3.05) is 13.1 Å². The van der Waals surface area contributed by atoms with Crippen LogP contribution < -0.4 is 4.74 Å². The highest BCUT2D eigenvalue weighted by Gasteiger charge is 2.25. The van der Waals surface area contributed by atoms with Crippen LogP contribution in [0, 0.1) is 6.92 Å². The van der Waals surface area contributed by atoms with Crippen molar-refractivity contribution in [3.8, 4) is 5.75 Å². The number of carbonyl (C=O) groups is 1. The van der Waals surface area contributed by atoms with Crippen molar-refractivity contribution in [3.63, 3.8) is 0 Å². The van der Waals surface area contributed by atoms with Gasteiger partial charge in [-0.1, -0.05) is 36.4 Å². The number of aryl methyl sites for hydroxylation is 1. The van der Waals surface area contributed by atoms with Crippen LogP contribution >= 0.6 is 0 Å². The van der Waals surface area contributed by atoms with Crippen molar-refractivity contribution in [3.05, 3.63) is 65.7 Å². The van der Waals surface area contributed by atoms with Gasteiger partial charge in [-0.25, -0.2) is 0 Å². The summed E-state index contributed by atoms with van der Waals surface area (Å²) in [6.07, 6.45) is 1.96. The predicted octanol–water partition coefficient (Wildman–Crippen LogP) is 3.68. The van der Waals surface area contributed by atoms with Gasteiger partial charge < -0.3 is 9.64 Å². The first-order chi connectivity index (χ1) is 10.7. The van der Waals surface area contributed by atoms with Crippen molar-refractivity contribution in [1.82, 2.24) is 4.90 Å². The summed E-state index contributed by atoms with van der Waals surface area (Å²) in [7, 11) is 0. The van der Waals surface area contributed by atoms with Crippen LogP contribution in [-0.2, 0) is 0 Å². The van der Waals surface area contributed by atoms with Crippen molar-refractivity contribution in [2.45, 2.75) is 25.9 Å². The Morgan fingerprint density at radius 3 is 2.32 bits per heavy atom. The van der Waals surface area contributed by atoms with Gasteiger partial charge in [-0.15, -0.1) is 0 Å². The molecule has 0 unspecified atom stereocenters. The van der Waals surface area contributed by atoms with Crippen molar-refractivity contribution in [2.24, 2.45) is 0 Å².